The Labute approximate surface area is 133 Å². The number of hydrogen-bond acceptors (Lipinski definition) is 3. The second-order valence-corrected chi connectivity index (χ2v) is 5.90. The normalized spacial score (nSPS) is 11.4. The van der Waals surface area contributed by atoms with Crippen LogP contribution in [0.25, 0.3) is 33.1 Å². The van der Waals surface area contributed by atoms with Crippen LogP contribution in [0, 0.1) is 20.8 Å². The molecule has 114 valence electrons. The number of rotatable bonds is 1. The quantitative estimate of drug-likeness (QED) is 0.458. The van der Waals surface area contributed by atoms with E-state index in [1.54, 1.807) is 6.07 Å². The maximum atomic E-state index is 12.0. The van der Waals surface area contributed by atoms with Crippen LogP contribution in [0.5, 0.6) is 0 Å². The third-order valence-corrected chi connectivity index (χ3v) is 4.43. The van der Waals surface area contributed by atoms with Crippen molar-refractivity contribution in [2.45, 2.75) is 20.8 Å². The minimum Gasteiger partial charge on any atom is -0.460 e. The highest BCUT2D eigenvalue weighted by Crippen LogP contribution is 2.38. The van der Waals surface area contributed by atoms with Gasteiger partial charge in [-0.15, -0.1) is 0 Å². The fourth-order valence-electron chi connectivity index (χ4n) is 3.24. The van der Waals surface area contributed by atoms with Crippen molar-refractivity contribution < 1.29 is 8.83 Å². The standard InChI is InChI=1S/C20H16O3/c1-11-9-16-19(20-18(11)12(2)13(3)22-20)15(10-17(21)23-16)14-7-5-4-6-8-14/h4-10H,1-3H3. The zero-order valence-corrected chi connectivity index (χ0v) is 13.3. The van der Waals surface area contributed by atoms with Crippen LogP contribution in [0.3, 0.4) is 0 Å². The van der Waals surface area contributed by atoms with Gasteiger partial charge in [0.1, 0.15) is 16.9 Å². The average molecular weight is 304 g/mol. The van der Waals surface area contributed by atoms with Gasteiger partial charge in [0.25, 0.3) is 0 Å². The van der Waals surface area contributed by atoms with Gasteiger partial charge in [-0.25, -0.2) is 4.79 Å². The molecule has 4 rings (SSSR count). The number of hydrogen-bond donors (Lipinski definition) is 0. The highest BCUT2D eigenvalue weighted by atomic mass is 16.4. The number of furan rings is 1. The smallest absolute Gasteiger partial charge is 0.336 e. The molecule has 0 unspecified atom stereocenters. The molecule has 3 heteroatoms. The third-order valence-electron chi connectivity index (χ3n) is 4.43. The summed E-state index contributed by atoms with van der Waals surface area (Å²) in [7, 11) is 0. The molecule has 0 fully saturated rings. The van der Waals surface area contributed by atoms with Gasteiger partial charge in [0.15, 0.2) is 0 Å². The minimum absolute atomic E-state index is 0.352. The summed E-state index contributed by atoms with van der Waals surface area (Å²) in [5.74, 6) is 0.890. The van der Waals surface area contributed by atoms with Crippen LogP contribution in [0.2, 0.25) is 0 Å². The largest absolute Gasteiger partial charge is 0.460 e. The summed E-state index contributed by atoms with van der Waals surface area (Å²) >= 11 is 0. The molecule has 0 N–H and O–H groups in total. The van der Waals surface area contributed by atoms with Gasteiger partial charge in [-0.2, -0.15) is 0 Å². The van der Waals surface area contributed by atoms with E-state index in [1.807, 2.05) is 50.2 Å². The molecule has 0 saturated carbocycles. The van der Waals surface area contributed by atoms with E-state index in [9.17, 15) is 4.79 Å². The molecule has 4 aromatic rings. The lowest BCUT2D eigenvalue weighted by molar-refractivity contribution is 0.557. The maximum absolute atomic E-state index is 12.0. The SMILES string of the molecule is Cc1oc2c(c(C)cc3oc(=O)cc(-c4ccccc4)c32)c1C. The number of aryl methyl sites for hydroxylation is 3. The van der Waals surface area contributed by atoms with Crippen molar-refractivity contribution in [3.8, 4) is 11.1 Å². The van der Waals surface area contributed by atoms with Gasteiger partial charge in [-0.05, 0) is 43.5 Å². The molecular weight excluding hydrogens is 288 g/mol. The Hall–Kier alpha value is -2.81. The first-order chi connectivity index (χ1) is 11.1. The van der Waals surface area contributed by atoms with Crippen LogP contribution in [0.15, 0.2) is 56.1 Å². The first kappa shape index (κ1) is 13.8. The Morgan fingerprint density at radius 1 is 0.870 bits per heavy atom. The summed E-state index contributed by atoms with van der Waals surface area (Å²) in [6.45, 7) is 6.03. The molecule has 0 aliphatic carbocycles. The predicted octanol–water partition coefficient (Wildman–Crippen LogP) is 5.13. The van der Waals surface area contributed by atoms with Crippen LogP contribution in [0.4, 0.5) is 0 Å². The van der Waals surface area contributed by atoms with Crippen molar-refractivity contribution in [1.29, 1.82) is 0 Å². The molecule has 0 radical (unpaired) electrons. The van der Waals surface area contributed by atoms with Gasteiger partial charge in [0, 0.05) is 17.0 Å². The lowest BCUT2D eigenvalue weighted by Gasteiger charge is -2.08. The Morgan fingerprint density at radius 3 is 2.35 bits per heavy atom. The molecule has 2 aromatic carbocycles. The molecule has 0 amide bonds. The Balaban J connectivity index is 2.27. The molecule has 2 aromatic heterocycles. The van der Waals surface area contributed by atoms with Crippen molar-refractivity contribution >= 4 is 21.9 Å². The van der Waals surface area contributed by atoms with E-state index in [0.29, 0.717) is 5.58 Å². The highest BCUT2D eigenvalue weighted by Gasteiger charge is 2.18. The Bertz CT molecular complexity index is 1100. The second-order valence-electron chi connectivity index (χ2n) is 5.90. The number of benzene rings is 2. The fourth-order valence-corrected chi connectivity index (χ4v) is 3.24. The molecule has 2 heterocycles. The van der Waals surface area contributed by atoms with Gasteiger partial charge in [0.05, 0.1) is 5.39 Å². The average Bonchev–Trinajstić information content (AvgIpc) is 2.83. The first-order valence-electron chi connectivity index (χ1n) is 7.59. The van der Waals surface area contributed by atoms with Crippen molar-refractivity contribution in [2.75, 3.05) is 0 Å². The molecule has 3 nitrogen and oxygen atoms in total. The van der Waals surface area contributed by atoms with Crippen LogP contribution in [-0.4, -0.2) is 0 Å². The predicted molar refractivity (Wildman–Crippen MR) is 91.9 cm³/mol. The van der Waals surface area contributed by atoms with E-state index < -0.39 is 0 Å². The molecular formula is C20H16O3. The highest BCUT2D eigenvalue weighted by molar-refractivity contribution is 6.11. The molecule has 0 aliphatic heterocycles. The molecule has 23 heavy (non-hydrogen) atoms. The van der Waals surface area contributed by atoms with Crippen molar-refractivity contribution in [1.82, 2.24) is 0 Å². The van der Waals surface area contributed by atoms with Gasteiger partial charge in [0.2, 0.25) is 0 Å². The summed E-state index contributed by atoms with van der Waals surface area (Å²) in [5, 5.41) is 1.95. The number of fused-ring (bicyclic) bond motifs is 3. The summed E-state index contributed by atoms with van der Waals surface area (Å²) in [6.07, 6.45) is 0. The molecule has 0 aliphatic rings. The molecule has 0 saturated heterocycles. The summed E-state index contributed by atoms with van der Waals surface area (Å²) in [5.41, 5.74) is 5.00. The lowest BCUT2D eigenvalue weighted by Crippen LogP contribution is -1.98. The van der Waals surface area contributed by atoms with E-state index in [2.05, 4.69) is 6.92 Å². The lowest BCUT2D eigenvalue weighted by atomic mass is 9.97. The second kappa shape index (κ2) is 4.85. The first-order valence-corrected chi connectivity index (χ1v) is 7.59. The van der Waals surface area contributed by atoms with Crippen LogP contribution >= 0.6 is 0 Å². The van der Waals surface area contributed by atoms with E-state index in [1.165, 1.54) is 0 Å². The van der Waals surface area contributed by atoms with E-state index in [0.717, 1.165) is 44.4 Å². The Kier molecular flexibility index (Phi) is 2.91. The summed E-state index contributed by atoms with van der Waals surface area (Å²) < 4.78 is 11.5. The van der Waals surface area contributed by atoms with Crippen molar-refractivity contribution in [3.05, 3.63) is 69.8 Å². The zero-order chi connectivity index (χ0) is 16.1. The van der Waals surface area contributed by atoms with Gasteiger partial charge in [-0.3, -0.25) is 0 Å². The van der Waals surface area contributed by atoms with Crippen molar-refractivity contribution in [3.63, 3.8) is 0 Å². The zero-order valence-electron chi connectivity index (χ0n) is 13.3. The van der Waals surface area contributed by atoms with Crippen LogP contribution in [-0.2, 0) is 0 Å². The summed E-state index contributed by atoms with van der Waals surface area (Å²) in [4.78, 5) is 12.0. The van der Waals surface area contributed by atoms with Gasteiger partial charge < -0.3 is 8.83 Å². The Morgan fingerprint density at radius 2 is 1.61 bits per heavy atom. The fraction of sp³-hybridized carbons (Fsp3) is 0.150. The van der Waals surface area contributed by atoms with Crippen LogP contribution < -0.4 is 5.63 Å². The van der Waals surface area contributed by atoms with E-state index in [-0.39, 0.29) is 5.63 Å². The summed E-state index contributed by atoms with van der Waals surface area (Å²) in [6, 6.07) is 13.3. The monoisotopic (exact) mass is 304 g/mol. The molecule has 0 spiro atoms. The third kappa shape index (κ3) is 2.00. The molecule has 0 atom stereocenters. The van der Waals surface area contributed by atoms with E-state index in [4.69, 9.17) is 8.83 Å². The minimum atomic E-state index is -0.352. The van der Waals surface area contributed by atoms with E-state index >= 15 is 0 Å². The van der Waals surface area contributed by atoms with Crippen molar-refractivity contribution in [2.24, 2.45) is 0 Å². The topological polar surface area (TPSA) is 43.4 Å². The van der Waals surface area contributed by atoms with Crippen LogP contribution in [0.1, 0.15) is 16.9 Å². The van der Waals surface area contributed by atoms with Gasteiger partial charge in [-0.1, -0.05) is 30.3 Å². The van der Waals surface area contributed by atoms with Gasteiger partial charge >= 0.3 is 5.63 Å². The molecule has 0 bridgehead atoms. The maximum Gasteiger partial charge on any atom is 0.336 e.